The van der Waals surface area contributed by atoms with Gasteiger partial charge in [-0.3, -0.25) is 10.1 Å². The molecule has 1 heterocycles. The Bertz CT molecular complexity index is 693. The van der Waals surface area contributed by atoms with E-state index in [-0.39, 0.29) is 17.7 Å². The topological polar surface area (TPSA) is 63.6 Å². The lowest BCUT2D eigenvalue weighted by atomic mass is 10.1. The molecule has 126 valence electrons. The molecule has 0 bridgehead atoms. The van der Waals surface area contributed by atoms with E-state index >= 15 is 0 Å². The number of aromatic nitrogens is 1. The van der Waals surface area contributed by atoms with Gasteiger partial charge in [0.2, 0.25) is 0 Å². The van der Waals surface area contributed by atoms with Crippen LogP contribution in [-0.4, -0.2) is 29.0 Å². The fraction of sp³-hybridized carbons (Fsp3) is 0.353. The summed E-state index contributed by atoms with van der Waals surface area (Å²) < 4.78 is 0. The molecule has 1 saturated carbocycles. The minimum Gasteiger partial charge on any atom is -0.392 e. The van der Waals surface area contributed by atoms with E-state index in [1.165, 1.54) is 11.3 Å². The van der Waals surface area contributed by atoms with Crippen molar-refractivity contribution in [1.29, 1.82) is 0 Å². The maximum atomic E-state index is 12.6. The highest BCUT2D eigenvalue weighted by Gasteiger charge is 2.20. The summed E-state index contributed by atoms with van der Waals surface area (Å²) in [5.74, 6) is -0.306. The molecule has 5 nitrogen and oxygen atoms in total. The SMILES string of the molecule is CSc1ccc(C(=NOC2CCCC2)C(=O)Nc2nccs2)cc1. The maximum absolute atomic E-state index is 12.6. The van der Waals surface area contributed by atoms with E-state index in [2.05, 4.69) is 15.5 Å². The average Bonchev–Trinajstić information content (AvgIpc) is 3.29. The van der Waals surface area contributed by atoms with Gasteiger partial charge in [-0.15, -0.1) is 23.1 Å². The number of thioether (sulfide) groups is 1. The van der Waals surface area contributed by atoms with Gasteiger partial charge in [0.1, 0.15) is 6.10 Å². The van der Waals surface area contributed by atoms with Crippen LogP contribution in [0.15, 0.2) is 45.9 Å². The van der Waals surface area contributed by atoms with Crippen LogP contribution < -0.4 is 5.32 Å². The number of benzene rings is 1. The van der Waals surface area contributed by atoms with Crippen LogP contribution in [0, 0.1) is 0 Å². The smallest absolute Gasteiger partial charge is 0.280 e. The number of nitrogens with one attached hydrogen (secondary N) is 1. The second-order valence-corrected chi connectivity index (χ2v) is 7.25. The molecule has 1 aliphatic carbocycles. The van der Waals surface area contributed by atoms with Gasteiger partial charge >= 0.3 is 0 Å². The molecule has 3 rings (SSSR count). The van der Waals surface area contributed by atoms with Crippen molar-refractivity contribution in [2.45, 2.75) is 36.7 Å². The molecule has 7 heteroatoms. The molecule has 0 saturated heterocycles. The Kier molecular flexibility index (Phi) is 5.87. The van der Waals surface area contributed by atoms with E-state index in [4.69, 9.17) is 4.84 Å². The number of anilines is 1. The molecule has 1 aromatic heterocycles. The van der Waals surface area contributed by atoms with E-state index in [0.29, 0.717) is 5.13 Å². The van der Waals surface area contributed by atoms with Crippen LogP contribution in [0.25, 0.3) is 0 Å². The highest BCUT2D eigenvalue weighted by Crippen LogP contribution is 2.22. The largest absolute Gasteiger partial charge is 0.392 e. The van der Waals surface area contributed by atoms with E-state index in [1.807, 2.05) is 35.9 Å². The molecular formula is C17H19N3O2S2. The van der Waals surface area contributed by atoms with E-state index in [0.717, 1.165) is 36.1 Å². The Morgan fingerprint density at radius 3 is 2.71 bits per heavy atom. The van der Waals surface area contributed by atoms with Gasteiger partial charge < -0.3 is 4.84 Å². The van der Waals surface area contributed by atoms with E-state index in [9.17, 15) is 4.79 Å². The maximum Gasteiger partial charge on any atom is 0.280 e. The summed E-state index contributed by atoms with van der Waals surface area (Å²) in [6.07, 6.45) is 8.08. The number of hydrogen-bond acceptors (Lipinski definition) is 6. The molecule has 1 aliphatic rings. The number of carbonyl (C=O) groups excluding carboxylic acids is 1. The van der Waals surface area contributed by atoms with E-state index < -0.39 is 0 Å². The highest BCUT2D eigenvalue weighted by atomic mass is 32.2. The van der Waals surface area contributed by atoms with Crippen LogP contribution in [-0.2, 0) is 9.63 Å². The van der Waals surface area contributed by atoms with Gasteiger partial charge in [-0.2, -0.15) is 0 Å². The normalized spacial score (nSPS) is 15.5. The number of hydrogen-bond donors (Lipinski definition) is 1. The van der Waals surface area contributed by atoms with Crippen molar-refractivity contribution >= 4 is 39.8 Å². The molecule has 0 aliphatic heterocycles. The number of thiazole rings is 1. The molecule has 1 amide bonds. The number of nitrogens with zero attached hydrogens (tertiary/aromatic N) is 2. The molecule has 0 spiro atoms. The van der Waals surface area contributed by atoms with Gasteiger partial charge in [-0.1, -0.05) is 17.3 Å². The number of rotatable bonds is 6. The summed E-state index contributed by atoms with van der Waals surface area (Å²) in [6, 6.07) is 7.73. The molecule has 0 radical (unpaired) electrons. The van der Waals surface area contributed by atoms with Gasteiger partial charge in [0.15, 0.2) is 10.8 Å². The predicted molar refractivity (Wildman–Crippen MR) is 98.8 cm³/mol. The Hall–Kier alpha value is -1.86. The summed E-state index contributed by atoms with van der Waals surface area (Å²) in [5.41, 5.74) is 1.02. The van der Waals surface area contributed by atoms with Gasteiger partial charge in [0.25, 0.3) is 5.91 Å². The first kappa shape index (κ1) is 17.0. The molecule has 1 N–H and O–H groups in total. The van der Waals surface area contributed by atoms with Crippen LogP contribution in [0.3, 0.4) is 0 Å². The molecule has 24 heavy (non-hydrogen) atoms. The third-order valence-electron chi connectivity index (χ3n) is 3.83. The summed E-state index contributed by atoms with van der Waals surface area (Å²) in [6.45, 7) is 0. The summed E-state index contributed by atoms with van der Waals surface area (Å²) in [5, 5.41) is 9.33. The lowest BCUT2D eigenvalue weighted by molar-refractivity contribution is -0.110. The summed E-state index contributed by atoms with van der Waals surface area (Å²) in [4.78, 5) is 23.5. The van der Waals surface area contributed by atoms with Crippen molar-refractivity contribution in [3.05, 3.63) is 41.4 Å². The van der Waals surface area contributed by atoms with Crippen molar-refractivity contribution in [1.82, 2.24) is 4.98 Å². The number of oxime groups is 1. The first-order valence-electron chi connectivity index (χ1n) is 7.85. The van der Waals surface area contributed by atoms with Crippen LogP contribution in [0.1, 0.15) is 31.2 Å². The standard InChI is InChI=1S/C17H19N3O2S2/c1-23-14-8-6-12(7-9-14)15(20-22-13-4-2-3-5-13)16(21)19-17-18-10-11-24-17/h6-11,13H,2-5H2,1H3,(H,18,19,21). The average molecular weight is 361 g/mol. The van der Waals surface area contributed by atoms with Crippen molar-refractivity contribution in [2.24, 2.45) is 5.16 Å². The third kappa shape index (κ3) is 4.36. The molecule has 1 fully saturated rings. The second kappa shape index (κ2) is 8.30. The first-order chi connectivity index (χ1) is 11.8. The van der Waals surface area contributed by atoms with E-state index in [1.54, 1.807) is 18.0 Å². The second-order valence-electron chi connectivity index (χ2n) is 5.47. The van der Waals surface area contributed by atoms with Gasteiger partial charge in [-0.25, -0.2) is 4.98 Å². The van der Waals surface area contributed by atoms with Gasteiger partial charge in [-0.05, 0) is 44.1 Å². The number of carbonyl (C=O) groups is 1. The highest BCUT2D eigenvalue weighted by molar-refractivity contribution is 7.98. The molecule has 2 aromatic rings. The Morgan fingerprint density at radius 1 is 1.33 bits per heavy atom. The zero-order valence-electron chi connectivity index (χ0n) is 13.4. The molecular weight excluding hydrogens is 342 g/mol. The van der Waals surface area contributed by atoms with Crippen LogP contribution in [0.4, 0.5) is 5.13 Å². The minimum absolute atomic E-state index is 0.109. The molecule has 0 atom stereocenters. The van der Waals surface area contributed by atoms with Crippen molar-refractivity contribution in [3.63, 3.8) is 0 Å². The van der Waals surface area contributed by atoms with Crippen molar-refractivity contribution in [3.8, 4) is 0 Å². The molecule has 1 aromatic carbocycles. The van der Waals surface area contributed by atoms with Crippen LogP contribution in [0.5, 0.6) is 0 Å². The van der Waals surface area contributed by atoms with Crippen molar-refractivity contribution in [2.75, 3.05) is 11.6 Å². The zero-order valence-corrected chi connectivity index (χ0v) is 15.0. The fourth-order valence-corrected chi connectivity index (χ4v) is 3.47. The zero-order chi connectivity index (χ0) is 16.8. The third-order valence-corrected chi connectivity index (χ3v) is 5.26. The number of amides is 1. The van der Waals surface area contributed by atoms with Gasteiger partial charge in [0, 0.05) is 22.0 Å². The van der Waals surface area contributed by atoms with Gasteiger partial charge in [0.05, 0.1) is 0 Å². The van der Waals surface area contributed by atoms with Crippen LogP contribution in [0.2, 0.25) is 0 Å². The fourth-order valence-electron chi connectivity index (χ4n) is 2.54. The summed E-state index contributed by atoms with van der Waals surface area (Å²) >= 11 is 3.03. The predicted octanol–water partition coefficient (Wildman–Crippen LogP) is 4.17. The monoisotopic (exact) mass is 361 g/mol. The Balaban J connectivity index is 1.80. The first-order valence-corrected chi connectivity index (χ1v) is 9.96. The van der Waals surface area contributed by atoms with Crippen molar-refractivity contribution < 1.29 is 9.63 Å². The lowest BCUT2D eigenvalue weighted by Crippen LogP contribution is -2.24. The Labute approximate surface area is 149 Å². The quantitative estimate of drug-likeness (QED) is 0.476. The van der Waals surface area contributed by atoms with Crippen LogP contribution >= 0.6 is 23.1 Å². The summed E-state index contributed by atoms with van der Waals surface area (Å²) in [7, 11) is 0. The Morgan fingerprint density at radius 2 is 2.08 bits per heavy atom. The molecule has 0 unspecified atom stereocenters. The minimum atomic E-state index is -0.306. The lowest BCUT2D eigenvalue weighted by Gasteiger charge is -2.10.